The lowest BCUT2D eigenvalue weighted by Crippen LogP contribution is -2.21. The van der Waals surface area contributed by atoms with Crippen LogP contribution in [0.25, 0.3) is 0 Å². The maximum Gasteiger partial charge on any atom is 0.222 e. The fourth-order valence-electron chi connectivity index (χ4n) is 1.60. The highest BCUT2D eigenvalue weighted by molar-refractivity contribution is 5.96. The molecule has 98 valence electrons. The topological polar surface area (TPSA) is 37.4 Å². The maximum absolute atomic E-state index is 13.5. The molecule has 0 aliphatic rings. The standard InChI is InChI=1S/C14H18FNO2/c1-10-7-8-11(12(15)9-10)13(17)5-4-6-14(18)16(2)3/h7-9H,4-6H2,1-3H3. The Labute approximate surface area is 107 Å². The second kappa shape index (κ2) is 6.28. The number of nitrogens with zero attached hydrogens (tertiary/aromatic N) is 1. The molecule has 0 fully saturated rings. The summed E-state index contributed by atoms with van der Waals surface area (Å²) >= 11 is 0. The minimum Gasteiger partial charge on any atom is -0.349 e. The Balaban J connectivity index is 2.53. The Hall–Kier alpha value is -1.71. The van der Waals surface area contributed by atoms with E-state index in [9.17, 15) is 14.0 Å². The first kappa shape index (κ1) is 14.4. The Morgan fingerprint density at radius 2 is 1.89 bits per heavy atom. The molecule has 0 atom stereocenters. The predicted molar refractivity (Wildman–Crippen MR) is 68.0 cm³/mol. The van der Waals surface area contributed by atoms with Gasteiger partial charge in [-0.15, -0.1) is 0 Å². The second-order valence-electron chi connectivity index (χ2n) is 4.55. The number of halogens is 1. The van der Waals surface area contributed by atoms with E-state index in [1.807, 2.05) is 0 Å². The summed E-state index contributed by atoms with van der Waals surface area (Å²) in [5, 5.41) is 0. The molecular weight excluding hydrogens is 233 g/mol. The van der Waals surface area contributed by atoms with Crippen molar-refractivity contribution in [1.29, 1.82) is 0 Å². The number of carbonyl (C=O) groups is 2. The number of amides is 1. The van der Waals surface area contributed by atoms with E-state index < -0.39 is 5.82 Å². The van der Waals surface area contributed by atoms with Crippen LogP contribution < -0.4 is 0 Å². The number of hydrogen-bond acceptors (Lipinski definition) is 2. The zero-order valence-electron chi connectivity index (χ0n) is 11.0. The number of rotatable bonds is 5. The van der Waals surface area contributed by atoms with E-state index in [0.717, 1.165) is 5.56 Å². The number of benzene rings is 1. The monoisotopic (exact) mass is 251 g/mol. The highest BCUT2D eigenvalue weighted by atomic mass is 19.1. The van der Waals surface area contributed by atoms with Gasteiger partial charge in [0, 0.05) is 26.9 Å². The lowest BCUT2D eigenvalue weighted by atomic mass is 10.0. The predicted octanol–water partition coefficient (Wildman–Crippen LogP) is 2.58. The largest absolute Gasteiger partial charge is 0.349 e. The average molecular weight is 251 g/mol. The normalized spacial score (nSPS) is 10.2. The molecule has 0 aromatic heterocycles. The third-order valence-corrected chi connectivity index (χ3v) is 2.72. The van der Waals surface area contributed by atoms with Crippen LogP contribution >= 0.6 is 0 Å². The molecule has 0 aliphatic carbocycles. The SMILES string of the molecule is Cc1ccc(C(=O)CCCC(=O)N(C)C)c(F)c1. The van der Waals surface area contributed by atoms with Crippen molar-refractivity contribution in [2.75, 3.05) is 14.1 Å². The number of hydrogen-bond donors (Lipinski definition) is 0. The van der Waals surface area contributed by atoms with Crippen LogP contribution in [0.4, 0.5) is 4.39 Å². The number of ketones is 1. The van der Waals surface area contributed by atoms with Crippen LogP contribution in [-0.4, -0.2) is 30.7 Å². The van der Waals surface area contributed by atoms with Gasteiger partial charge in [0.15, 0.2) is 5.78 Å². The highest BCUT2D eigenvalue weighted by Gasteiger charge is 2.12. The summed E-state index contributed by atoms with van der Waals surface area (Å²) in [6.45, 7) is 1.77. The van der Waals surface area contributed by atoms with Crippen LogP contribution in [0.2, 0.25) is 0 Å². The van der Waals surface area contributed by atoms with Gasteiger partial charge in [-0.3, -0.25) is 9.59 Å². The summed E-state index contributed by atoms with van der Waals surface area (Å²) in [6, 6.07) is 4.56. The smallest absolute Gasteiger partial charge is 0.222 e. The molecule has 3 nitrogen and oxygen atoms in total. The van der Waals surface area contributed by atoms with Gasteiger partial charge in [-0.25, -0.2) is 4.39 Å². The molecule has 1 amide bonds. The molecule has 0 radical (unpaired) electrons. The molecule has 0 spiro atoms. The quantitative estimate of drug-likeness (QED) is 0.754. The zero-order valence-corrected chi connectivity index (χ0v) is 11.0. The van der Waals surface area contributed by atoms with Crippen molar-refractivity contribution in [3.05, 3.63) is 35.1 Å². The van der Waals surface area contributed by atoms with Gasteiger partial charge in [0.2, 0.25) is 5.91 Å². The summed E-state index contributed by atoms with van der Waals surface area (Å²) in [5.41, 5.74) is 0.893. The molecule has 0 saturated heterocycles. The van der Waals surface area contributed by atoms with Crippen molar-refractivity contribution < 1.29 is 14.0 Å². The zero-order chi connectivity index (χ0) is 13.7. The van der Waals surface area contributed by atoms with E-state index in [-0.39, 0.29) is 23.7 Å². The first-order chi connectivity index (χ1) is 8.41. The molecule has 1 rings (SSSR count). The van der Waals surface area contributed by atoms with Crippen LogP contribution in [0.3, 0.4) is 0 Å². The van der Waals surface area contributed by atoms with Gasteiger partial charge in [-0.2, -0.15) is 0 Å². The molecule has 0 saturated carbocycles. The fraction of sp³-hybridized carbons (Fsp3) is 0.429. The van der Waals surface area contributed by atoms with Gasteiger partial charge in [-0.1, -0.05) is 6.07 Å². The van der Waals surface area contributed by atoms with E-state index >= 15 is 0 Å². The fourth-order valence-corrected chi connectivity index (χ4v) is 1.60. The lowest BCUT2D eigenvalue weighted by molar-refractivity contribution is -0.128. The van der Waals surface area contributed by atoms with Crippen LogP contribution in [0.15, 0.2) is 18.2 Å². The lowest BCUT2D eigenvalue weighted by Gasteiger charge is -2.09. The van der Waals surface area contributed by atoms with Crippen molar-refractivity contribution in [1.82, 2.24) is 4.90 Å². The molecule has 0 heterocycles. The first-order valence-electron chi connectivity index (χ1n) is 5.91. The van der Waals surface area contributed by atoms with Crippen molar-refractivity contribution in [3.8, 4) is 0 Å². The van der Waals surface area contributed by atoms with E-state index in [2.05, 4.69) is 0 Å². The van der Waals surface area contributed by atoms with E-state index in [4.69, 9.17) is 0 Å². The molecule has 1 aromatic rings. The third-order valence-electron chi connectivity index (χ3n) is 2.72. The summed E-state index contributed by atoms with van der Waals surface area (Å²) in [7, 11) is 3.34. The van der Waals surface area contributed by atoms with Crippen molar-refractivity contribution in [2.45, 2.75) is 26.2 Å². The Bertz CT molecular complexity index is 455. The van der Waals surface area contributed by atoms with E-state index in [1.54, 1.807) is 27.1 Å². The van der Waals surface area contributed by atoms with Gasteiger partial charge in [0.1, 0.15) is 5.82 Å². The van der Waals surface area contributed by atoms with Gasteiger partial charge < -0.3 is 4.90 Å². The average Bonchev–Trinajstić information content (AvgIpc) is 2.28. The maximum atomic E-state index is 13.5. The minimum atomic E-state index is -0.487. The molecule has 0 unspecified atom stereocenters. The van der Waals surface area contributed by atoms with E-state index in [1.165, 1.54) is 17.0 Å². The Morgan fingerprint density at radius 1 is 1.22 bits per heavy atom. The minimum absolute atomic E-state index is 0.0211. The van der Waals surface area contributed by atoms with Gasteiger partial charge in [-0.05, 0) is 31.0 Å². The summed E-state index contributed by atoms with van der Waals surface area (Å²) in [5.74, 6) is -0.759. The molecule has 18 heavy (non-hydrogen) atoms. The van der Waals surface area contributed by atoms with Gasteiger partial charge >= 0.3 is 0 Å². The number of carbonyl (C=O) groups excluding carboxylic acids is 2. The molecule has 0 aliphatic heterocycles. The van der Waals surface area contributed by atoms with Crippen molar-refractivity contribution >= 4 is 11.7 Å². The van der Waals surface area contributed by atoms with Crippen molar-refractivity contribution in [2.24, 2.45) is 0 Å². The first-order valence-corrected chi connectivity index (χ1v) is 5.91. The molecular formula is C14H18FNO2. The summed E-state index contributed by atoms with van der Waals surface area (Å²) in [4.78, 5) is 24.6. The third kappa shape index (κ3) is 3.95. The van der Waals surface area contributed by atoms with Crippen LogP contribution in [0.1, 0.15) is 35.2 Å². The number of aryl methyl sites for hydroxylation is 1. The molecule has 4 heteroatoms. The molecule has 0 N–H and O–H groups in total. The summed E-state index contributed by atoms with van der Waals surface area (Å²) < 4.78 is 13.5. The Kier molecular flexibility index (Phi) is 5.01. The molecule has 0 bridgehead atoms. The van der Waals surface area contributed by atoms with Crippen LogP contribution in [0.5, 0.6) is 0 Å². The molecule has 1 aromatic carbocycles. The second-order valence-corrected chi connectivity index (χ2v) is 4.55. The summed E-state index contributed by atoms with van der Waals surface area (Å²) in [6.07, 6.45) is 0.953. The van der Waals surface area contributed by atoms with Crippen molar-refractivity contribution in [3.63, 3.8) is 0 Å². The van der Waals surface area contributed by atoms with Gasteiger partial charge in [0.25, 0.3) is 0 Å². The van der Waals surface area contributed by atoms with Crippen LogP contribution in [0, 0.1) is 12.7 Å². The number of Topliss-reactive ketones (excluding diaryl/α,β-unsaturated/α-hetero) is 1. The Morgan fingerprint density at radius 3 is 2.44 bits per heavy atom. The highest BCUT2D eigenvalue weighted by Crippen LogP contribution is 2.13. The van der Waals surface area contributed by atoms with Gasteiger partial charge in [0.05, 0.1) is 5.56 Å². The van der Waals surface area contributed by atoms with E-state index in [0.29, 0.717) is 12.8 Å². The van der Waals surface area contributed by atoms with Crippen LogP contribution in [-0.2, 0) is 4.79 Å².